The topological polar surface area (TPSA) is 73.8 Å². The molecule has 0 radical (unpaired) electrons. The van der Waals surface area contributed by atoms with Gasteiger partial charge in [0.15, 0.2) is 0 Å². The number of pyridine rings is 1. The van der Waals surface area contributed by atoms with Gasteiger partial charge in [-0.25, -0.2) is 4.98 Å². The molecule has 6 heteroatoms. The molecule has 4 rings (SSSR count). The number of aromatic nitrogens is 2. The zero-order valence-corrected chi connectivity index (χ0v) is 16.0. The Hall–Kier alpha value is -3.41. The van der Waals surface area contributed by atoms with Crippen molar-refractivity contribution in [3.8, 4) is 0 Å². The fourth-order valence-corrected chi connectivity index (χ4v) is 3.27. The number of hydrogen-bond donors (Lipinski definition) is 0. The lowest BCUT2D eigenvalue weighted by molar-refractivity contribution is -0.144. The van der Waals surface area contributed by atoms with E-state index in [-0.39, 0.29) is 18.6 Å². The van der Waals surface area contributed by atoms with E-state index in [0.29, 0.717) is 11.3 Å². The van der Waals surface area contributed by atoms with Crippen molar-refractivity contribution in [2.75, 3.05) is 0 Å². The minimum absolute atomic E-state index is 0.0488. The molecule has 0 N–H and O–H groups in total. The summed E-state index contributed by atoms with van der Waals surface area (Å²) in [5.74, 6) is -0.396. The van der Waals surface area contributed by atoms with Crippen molar-refractivity contribution < 1.29 is 13.9 Å². The molecule has 0 saturated heterocycles. The number of carbonyl (C=O) groups excluding carboxylic acids is 1. The number of hydrogen-bond acceptors (Lipinski definition) is 5. The smallest absolute Gasteiger partial charge is 0.310 e. The Kier molecular flexibility index (Phi) is 4.47. The van der Waals surface area contributed by atoms with Crippen LogP contribution in [0.25, 0.3) is 16.6 Å². The molecular formula is C22H20N2O4. The molecule has 28 heavy (non-hydrogen) atoms. The van der Waals surface area contributed by atoms with E-state index in [2.05, 4.69) is 4.98 Å². The van der Waals surface area contributed by atoms with Crippen molar-refractivity contribution >= 4 is 22.6 Å². The lowest BCUT2D eigenvalue weighted by Crippen LogP contribution is -2.17. The third kappa shape index (κ3) is 3.17. The molecule has 0 saturated carbocycles. The highest BCUT2D eigenvalue weighted by atomic mass is 16.5. The quantitative estimate of drug-likeness (QED) is 0.508. The molecule has 142 valence electrons. The molecule has 4 aromatic rings. The maximum Gasteiger partial charge on any atom is 0.310 e. The Labute approximate surface area is 161 Å². The van der Waals surface area contributed by atoms with Crippen molar-refractivity contribution in [2.24, 2.45) is 0 Å². The van der Waals surface area contributed by atoms with Crippen molar-refractivity contribution in [3.05, 3.63) is 81.1 Å². The maximum absolute atomic E-state index is 12.3. The fourth-order valence-electron chi connectivity index (χ4n) is 3.27. The minimum atomic E-state index is -0.396. The van der Waals surface area contributed by atoms with Gasteiger partial charge in [0.25, 0.3) is 5.56 Å². The first kappa shape index (κ1) is 18.0. The summed E-state index contributed by atoms with van der Waals surface area (Å²) >= 11 is 0. The summed E-state index contributed by atoms with van der Waals surface area (Å²) in [6, 6.07) is 9.03. The molecule has 3 heterocycles. The Balaban J connectivity index is 1.51. The van der Waals surface area contributed by atoms with Crippen molar-refractivity contribution in [1.29, 1.82) is 0 Å². The molecule has 1 aromatic carbocycles. The highest BCUT2D eigenvalue weighted by Gasteiger charge is 2.14. The molecule has 0 aliphatic heterocycles. The Morgan fingerprint density at radius 2 is 2.00 bits per heavy atom. The van der Waals surface area contributed by atoms with E-state index in [9.17, 15) is 9.59 Å². The number of benzene rings is 1. The van der Waals surface area contributed by atoms with E-state index < -0.39 is 5.97 Å². The zero-order chi connectivity index (χ0) is 19.8. The number of esters is 1. The van der Waals surface area contributed by atoms with Gasteiger partial charge in [0, 0.05) is 23.2 Å². The van der Waals surface area contributed by atoms with Crippen LogP contribution in [0.5, 0.6) is 0 Å². The number of rotatable bonds is 4. The van der Waals surface area contributed by atoms with Crippen LogP contribution in [-0.4, -0.2) is 15.4 Å². The molecule has 0 aliphatic rings. The largest absolute Gasteiger partial charge is 0.464 e. The lowest BCUT2D eigenvalue weighted by Gasteiger charge is -2.07. The summed E-state index contributed by atoms with van der Waals surface area (Å²) in [5, 5.41) is 0.915. The fraction of sp³-hybridized carbons (Fsp3) is 0.227. The lowest BCUT2D eigenvalue weighted by atomic mass is 10.0. The van der Waals surface area contributed by atoms with Gasteiger partial charge < -0.3 is 9.15 Å². The van der Waals surface area contributed by atoms with E-state index in [0.717, 1.165) is 33.2 Å². The number of fused-ring (bicyclic) bond motifs is 2. The highest BCUT2D eigenvalue weighted by molar-refractivity contribution is 5.88. The first-order chi connectivity index (χ1) is 13.4. The predicted molar refractivity (Wildman–Crippen MR) is 105 cm³/mol. The molecule has 0 amide bonds. The van der Waals surface area contributed by atoms with Crippen molar-refractivity contribution in [3.63, 3.8) is 0 Å². The minimum Gasteiger partial charge on any atom is -0.464 e. The molecule has 0 aliphatic carbocycles. The number of aryl methyl sites for hydroxylation is 3. The van der Waals surface area contributed by atoms with E-state index in [1.54, 1.807) is 18.5 Å². The van der Waals surface area contributed by atoms with Crippen molar-refractivity contribution in [2.45, 2.75) is 33.8 Å². The zero-order valence-electron chi connectivity index (χ0n) is 16.0. The third-order valence-electron chi connectivity index (χ3n) is 5.00. The molecule has 0 spiro atoms. The number of carbonyl (C=O) groups is 1. The summed E-state index contributed by atoms with van der Waals surface area (Å²) in [5.41, 5.74) is 5.44. The van der Waals surface area contributed by atoms with Crippen molar-refractivity contribution in [1.82, 2.24) is 9.38 Å². The van der Waals surface area contributed by atoms with E-state index in [4.69, 9.17) is 9.15 Å². The second-order valence-electron chi connectivity index (χ2n) is 6.95. The Bertz CT molecular complexity index is 1270. The Morgan fingerprint density at radius 1 is 1.18 bits per heavy atom. The first-order valence-corrected chi connectivity index (χ1v) is 9.04. The number of nitrogens with zero attached hydrogens (tertiary/aromatic N) is 2. The summed E-state index contributed by atoms with van der Waals surface area (Å²) in [7, 11) is 0. The van der Waals surface area contributed by atoms with Crippen LogP contribution in [0.15, 0.2) is 52.0 Å². The molecule has 0 bridgehead atoms. The van der Waals surface area contributed by atoms with Gasteiger partial charge in [-0.3, -0.25) is 14.0 Å². The standard InChI is InChI=1S/C22H20N2O4/c1-13-6-7-18-16(11-28-21(18)15(13)3)9-20(26)27-12-17-10-19(25)24-8-4-5-14(2)22(24)23-17/h4-8,10-11H,9,12H2,1-3H3. The summed E-state index contributed by atoms with van der Waals surface area (Å²) in [6.45, 7) is 5.85. The molecule has 3 aromatic heterocycles. The van der Waals surface area contributed by atoms with E-state index >= 15 is 0 Å². The number of furan rings is 1. The van der Waals surface area contributed by atoms with Gasteiger partial charge >= 0.3 is 5.97 Å². The van der Waals surface area contributed by atoms with Gasteiger partial charge in [-0.05, 0) is 43.5 Å². The SMILES string of the molecule is Cc1ccc2c(CC(=O)OCc3cc(=O)n4cccc(C)c4n3)coc2c1C. The van der Waals surface area contributed by atoms with Gasteiger partial charge in [0.1, 0.15) is 17.8 Å². The summed E-state index contributed by atoms with van der Waals surface area (Å²) < 4.78 is 12.5. The molecular weight excluding hydrogens is 356 g/mol. The summed E-state index contributed by atoms with van der Waals surface area (Å²) in [4.78, 5) is 29.0. The van der Waals surface area contributed by atoms with E-state index in [1.165, 1.54) is 10.5 Å². The van der Waals surface area contributed by atoms with Crippen LogP contribution in [0, 0.1) is 20.8 Å². The summed E-state index contributed by atoms with van der Waals surface area (Å²) in [6.07, 6.45) is 3.37. The second kappa shape index (κ2) is 6.96. The predicted octanol–water partition coefficient (Wildman–Crippen LogP) is 3.65. The van der Waals surface area contributed by atoms with Crippen LogP contribution < -0.4 is 5.56 Å². The van der Waals surface area contributed by atoms with Crippen LogP contribution >= 0.6 is 0 Å². The van der Waals surface area contributed by atoms with Gasteiger partial charge in [0.2, 0.25) is 0 Å². The van der Waals surface area contributed by atoms with Crippen LogP contribution in [0.4, 0.5) is 0 Å². The van der Waals surface area contributed by atoms with Crippen LogP contribution in [0.3, 0.4) is 0 Å². The van der Waals surface area contributed by atoms with Gasteiger partial charge in [-0.1, -0.05) is 18.2 Å². The second-order valence-corrected chi connectivity index (χ2v) is 6.95. The van der Waals surface area contributed by atoms with Crippen LogP contribution in [-0.2, 0) is 22.6 Å². The van der Waals surface area contributed by atoms with E-state index in [1.807, 2.05) is 39.0 Å². The van der Waals surface area contributed by atoms with Gasteiger partial charge in [0.05, 0.1) is 18.4 Å². The van der Waals surface area contributed by atoms with Gasteiger partial charge in [-0.15, -0.1) is 0 Å². The molecule has 0 fully saturated rings. The normalized spacial score (nSPS) is 11.2. The average Bonchev–Trinajstić information content (AvgIpc) is 3.07. The average molecular weight is 376 g/mol. The number of ether oxygens (including phenoxy) is 1. The van der Waals surface area contributed by atoms with Crippen LogP contribution in [0.2, 0.25) is 0 Å². The molecule has 0 unspecified atom stereocenters. The first-order valence-electron chi connectivity index (χ1n) is 9.04. The molecule has 6 nitrogen and oxygen atoms in total. The third-order valence-corrected chi connectivity index (χ3v) is 5.00. The highest BCUT2D eigenvalue weighted by Crippen LogP contribution is 2.27. The van der Waals surface area contributed by atoms with Gasteiger partial charge in [-0.2, -0.15) is 0 Å². The molecule has 0 atom stereocenters. The maximum atomic E-state index is 12.3. The van der Waals surface area contributed by atoms with Crippen LogP contribution in [0.1, 0.15) is 27.9 Å². The Morgan fingerprint density at radius 3 is 2.82 bits per heavy atom. The monoisotopic (exact) mass is 376 g/mol.